The lowest BCUT2D eigenvalue weighted by molar-refractivity contribution is -0.154. The molecule has 0 spiro atoms. The van der Waals surface area contributed by atoms with Crippen LogP contribution in [-0.2, 0) is 36.8 Å². The van der Waals surface area contributed by atoms with E-state index in [1.165, 1.54) is 11.3 Å². The quantitative estimate of drug-likeness (QED) is 0.445. The number of nitrogens with one attached hydrogen (secondary N) is 1. The van der Waals surface area contributed by atoms with E-state index in [0.717, 1.165) is 34.6 Å². The van der Waals surface area contributed by atoms with Gasteiger partial charge in [-0.2, -0.15) is 5.26 Å². The fraction of sp³-hybridized carbons (Fsp3) is 0.450. The average molecular weight is 413 g/mol. The van der Waals surface area contributed by atoms with Crippen LogP contribution in [0.3, 0.4) is 0 Å². The molecule has 1 aromatic heterocycles. The van der Waals surface area contributed by atoms with Crippen LogP contribution in [0.25, 0.3) is 0 Å². The zero-order valence-corrected chi connectivity index (χ0v) is 16.4. The minimum Gasteiger partial charge on any atom is -0.454 e. The van der Waals surface area contributed by atoms with Gasteiger partial charge in [-0.3, -0.25) is 24.1 Å². The number of carbonyl (C=O) groups excluding carboxylic acids is 4. The normalized spacial score (nSPS) is 22.2. The number of nitrogens with zero attached hydrogens (tertiary/aromatic N) is 2. The second-order valence-corrected chi connectivity index (χ2v) is 8.41. The molecule has 1 N–H and O–H groups in total. The molecule has 3 aliphatic rings. The average Bonchev–Trinajstić information content (AvgIpc) is 3.35. The summed E-state index contributed by atoms with van der Waals surface area (Å²) < 4.78 is 4.95. The molecule has 1 aliphatic heterocycles. The van der Waals surface area contributed by atoms with Gasteiger partial charge in [0.15, 0.2) is 6.61 Å². The molecular formula is C20H19N3O5S. The highest BCUT2D eigenvalue weighted by Crippen LogP contribution is 2.38. The predicted molar refractivity (Wildman–Crippen MR) is 103 cm³/mol. The van der Waals surface area contributed by atoms with Crippen LogP contribution in [0.2, 0.25) is 0 Å². The number of ether oxygens (including phenoxy) is 1. The maximum Gasteiger partial charge on any atom is 0.326 e. The number of carbonyl (C=O) groups is 4. The fourth-order valence-electron chi connectivity index (χ4n) is 4.12. The number of imide groups is 1. The first kappa shape index (κ1) is 19.3. The zero-order valence-electron chi connectivity index (χ0n) is 15.6. The van der Waals surface area contributed by atoms with E-state index in [9.17, 15) is 24.4 Å². The van der Waals surface area contributed by atoms with Gasteiger partial charge in [-0.1, -0.05) is 12.2 Å². The van der Waals surface area contributed by atoms with Crippen molar-refractivity contribution in [3.63, 3.8) is 0 Å². The van der Waals surface area contributed by atoms with Crippen molar-refractivity contribution in [3.05, 3.63) is 28.2 Å². The van der Waals surface area contributed by atoms with Crippen LogP contribution in [-0.4, -0.2) is 41.7 Å². The molecule has 0 aromatic carbocycles. The number of allylic oxidation sites excluding steroid dienone is 2. The molecule has 0 unspecified atom stereocenters. The number of thiophene rings is 1. The summed E-state index contributed by atoms with van der Waals surface area (Å²) in [6.45, 7) is -1.04. The van der Waals surface area contributed by atoms with Crippen LogP contribution in [0.1, 0.15) is 35.3 Å². The summed E-state index contributed by atoms with van der Waals surface area (Å²) in [5, 5.41) is 12.4. The van der Waals surface area contributed by atoms with Crippen molar-refractivity contribution in [2.24, 2.45) is 11.8 Å². The number of amides is 3. The minimum atomic E-state index is -0.817. The Morgan fingerprint density at radius 3 is 2.55 bits per heavy atom. The lowest BCUT2D eigenvalue weighted by atomic mass is 9.85. The third-order valence-electron chi connectivity index (χ3n) is 5.54. The van der Waals surface area contributed by atoms with Crippen LogP contribution in [0.4, 0.5) is 5.00 Å². The minimum absolute atomic E-state index is 0.363. The Balaban J connectivity index is 1.30. The maximum absolute atomic E-state index is 12.4. The molecular weight excluding hydrogens is 394 g/mol. The van der Waals surface area contributed by atoms with Crippen molar-refractivity contribution < 1.29 is 23.9 Å². The van der Waals surface area contributed by atoms with E-state index in [2.05, 4.69) is 11.4 Å². The molecule has 0 saturated carbocycles. The van der Waals surface area contributed by atoms with Gasteiger partial charge in [-0.25, -0.2) is 0 Å². The van der Waals surface area contributed by atoms with Crippen molar-refractivity contribution in [3.8, 4) is 6.07 Å². The van der Waals surface area contributed by atoms with E-state index in [4.69, 9.17) is 4.74 Å². The van der Waals surface area contributed by atoms with Crippen molar-refractivity contribution >= 4 is 40.0 Å². The summed E-state index contributed by atoms with van der Waals surface area (Å²) in [5.74, 6) is -2.92. The zero-order chi connectivity index (χ0) is 20.5. The first-order valence-corrected chi connectivity index (χ1v) is 10.3. The number of anilines is 1. The Morgan fingerprint density at radius 1 is 1.21 bits per heavy atom. The standard InChI is InChI=1S/C20H19N3O5S/c21-8-14-11-6-3-7-15(11)29-18(14)22-16(24)10-28-17(25)9-23-19(26)12-4-1-2-5-13(12)20(23)27/h1-2,12-13H,3-7,9-10H2,(H,22,24)/t12-,13-/m0/s1. The van der Waals surface area contributed by atoms with Crippen LogP contribution in [0.15, 0.2) is 12.2 Å². The van der Waals surface area contributed by atoms with Gasteiger partial charge in [0.25, 0.3) is 5.91 Å². The molecule has 150 valence electrons. The summed E-state index contributed by atoms with van der Waals surface area (Å²) in [6.07, 6.45) is 7.46. The molecule has 1 fully saturated rings. The molecule has 2 heterocycles. The number of nitriles is 1. The van der Waals surface area contributed by atoms with E-state index < -0.39 is 36.9 Å². The lowest BCUT2D eigenvalue weighted by Crippen LogP contribution is -2.37. The fourth-order valence-corrected chi connectivity index (χ4v) is 5.37. The van der Waals surface area contributed by atoms with Gasteiger partial charge in [-0.05, 0) is 37.7 Å². The molecule has 1 aromatic rings. The van der Waals surface area contributed by atoms with E-state index in [-0.39, 0.29) is 11.8 Å². The number of likely N-dealkylation sites (tertiary alicyclic amines) is 1. The van der Waals surface area contributed by atoms with Crippen LogP contribution in [0.5, 0.6) is 0 Å². The predicted octanol–water partition coefficient (Wildman–Crippen LogP) is 1.54. The monoisotopic (exact) mass is 413 g/mol. The first-order chi connectivity index (χ1) is 14.0. The Kier molecular flexibility index (Phi) is 5.20. The number of hydrogen-bond donors (Lipinski definition) is 1. The Morgan fingerprint density at radius 2 is 1.90 bits per heavy atom. The summed E-state index contributed by atoms with van der Waals surface area (Å²) in [5.41, 5.74) is 1.47. The van der Waals surface area contributed by atoms with Gasteiger partial charge in [0.2, 0.25) is 11.8 Å². The van der Waals surface area contributed by atoms with Gasteiger partial charge in [0.05, 0.1) is 17.4 Å². The van der Waals surface area contributed by atoms with Crippen LogP contribution >= 0.6 is 11.3 Å². The van der Waals surface area contributed by atoms with Crippen molar-refractivity contribution in [1.82, 2.24) is 4.90 Å². The van der Waals surface area contributed by atoms with Gasteiger partial charge >= 0.3 is 5.97 Å². The van der Waals surface area contributed by atoms with Gasteiger partial charge in [-0.15, -0.1) is 11.3 Å². The number of fused-ring (bicyclic) bond motifs is 2. The number of hydrogen-bond acceptors (Lipinski definition) is 7. The Labute approximate surface area is 171 Å². The molecule has 1 saturated heterocycles. The van der Waals surface area contributed by atoms with E-state index in [0.29, 0.717) is 23.4 Å². The molecule has 2 aliphatic carbocycles. The third kappa shape index (κ3) is 3.56. The van der Waals surface area contributed by atoms with Crippen molar-refractivity contribution in [1.29, 1.82) is 5.26 Å². The van der Waals surface area contributed by atoms with E-state index in [1.807, 2.05) is 12.2 Å². The molecule has 3 amide bonds. The highest BCUT2D eigenvalue weighted by Gasteiger charge is 2.47. The first-order valence-electron chi connectivity index (χ1n) is 9.50. The van der Waals surface area contributed by atoms with Gasteiger partial charge in [0.1, 0.15) is 17.6 Å². The molecule has 0 bridgehead atoms. The van der Waals surface area contributed by atoms with Crippen LogP contribution in [0, 0.1) is 23.2 Å². The summed E-state index contributed by atoms with van der Waals surface area (Å²) in [4.78, 5) is 51.0. The molecule has 29 heavy (non-hydrogen) atoms. The topological polar surface area (TPSA) is 117 Å². The van der Waals surface area contributed by atoms with E-state index >= 15 is 0 Å². The largest absolute Gasteiger partial charge is 0.454 e. The maximum atomic E-state index is 12.4. The molecule has 4 rings (SSSR count). The number of aryl methyl sites for hydroxylation is 1. The molecule has 8 nitrogen and oxygen atoms in total. The smallest absolute Gasteiger partial charge is 0.326 e. The van der Waals surface area contributed by atoms with E-state index in [1.54, 1.807) is 0 Å². The molecule has 0 radical (unpaired) electrons. The third-order valence-corrected chi connectivity index (χ3v) is 6.74. The summed E-state index contributed by atoms with van der Waals surface area (Å²) in [7, 11) is 0. The van der Waals surface area contributed by atoms with Crippen molar-refractivity contribution in [2.45, 2.75) is 32.1 Å². The number of rotatable bonds is 5. The SMILES string of the molecule is N#Cc1c(NC(=O)COC(=O)CN2C(=O)[C@H]3CC=CC[C@@H]3C2=O)sc2c1CCC2. The molecule has 2 atom stereocenters. The highest BCUT2D eigenvalue weighted by atomic mass is 32.1. The highest BCUT2D eigenvalue weighted by molar-refractivity contribution is 7.16. The van der Waals surface area contributed by atoms with Crippen molar-refractivity contribution in [2.75, 3.05) is 18.5 Å². The molecule has 9 heteroatoms. The Hall–Kier alpha value is -2.99. The van der Waals surface area contributed by atoms with Gasteiger partial charge < -0.3 is 10.1 Å². The second-order valence-electron chi connectivity index (χ2n) is 7.30. The second kappa shape index (κ2) is 7.79. The van der Waals surface area contributed by atoms with Gasteiger partial charge in [0, 0.05) is 4.88 Å². The summed E-state index contributed by atoms with van der Waals surface area (Å²) in [6, 6.07) is 2.13. The van der Waals surface area contributed by atoms with Crippen LogP contribution < -0.4 is 5.32 Å². The number of esters is 1. The lowest BCUT2D eigenvalue weighted by Gasteiger charge is -2.14. The summed E-state index contributed by atoms with van der Waals surface area (Å²) >= 11 is 1.38. The Bertz CT molecular complexity index is 947.